The van der Waals surface area contributed by atoms with Gasteiger partial charge in [0.25, 0.3) is 0 Å². The Morgan fingerprint density at radius 2 is 2.05 bits per heavy atom. The Morgan fingerprint density at radius 3 is 2.70 bits per heavy atom. The zero-order valence-corrected chi connectivity index (χ0v) is 10.6. The summed E-state index contributed by atoms with van der Waals surface area (Å²) in [4.78, 5) is 24.0. The van der Waals surface area contributed by atoms with Crippen molar-refractivity contribution >= 4 is 18.0 Å². The number of hydrogen-bond acceptors (Lipinski definition) is 3. The van der Waals surface area contributed by atoms with Crippen molar-refractivity contribution in [3.8, 4) is 0 Å². The van der Waals surface area contributed by atoms with Crippen molar-refractivity contribution in [1.29, 1.82) is 0 Å². The minimum atomic E-state index is -1.16. The summed E-state index contributed by atoms with van der Waals surface area (Å²) in [5, 5.41) is 18.4. The Labute approximate surface area is 114 Å². The number of likely N-dealkylation sites (tertiary alicyclic amines) is 1. The number of rotatable bonds is 3. The highest BCUT2D eigenvalue weighted by atomic mass is 19.1. The van der Waals surface area contributed by atoms with Gasteiger partial charge in [0.2, 0.25) is 5.91 Å². The van der Waals surface area contributed by atoms with E-state index < -0.39 is 29.8 Å². The van der Waals surface area contributed by atoms with E-state index in [4.69, 9.17) is 5.11 Å². The maximum Gasteiger partial charge on any atom is 0.326 e. The normalized spacial score (nSPS) is 22.4. The molecule has 1 aliphatic rings. The third-order valence-corrected chi connectivity index (χ3v) is 3.16. The molecule has 1 unspecified atom stereocenters. The zero-order valence-electron chi connectivity index (χ0n) is 10.6. The van der Waals surface area contributed by atoms with E-state index in [0.717, 1.165) is 11.0 Å². The number of halogens is 1. The van der Waals surface area contributed by atoms with Gasteiger partial charge in [0.1, 0.15) is 11.9 Å². The fourth-order valence-electron chi connectivity index (χ4n) is 2.16. The third-order valence-electron chi connectivity index (χ3n) is 3.16. The van der Waals surface area contributed by atoms with Crippen LogP contribution < -0.4 is 0 Å². The lowest BCUT2D eigenvalue weighted by atomic mass is 10.2. The lowest BCUT2D eigenvalue weighted by Gasteiger charge is -2.19. The Bertz CT molecular complexity index is 558. The predicted molar refractivity (Wildman–Crippen MR) is 69.2 cm³/mol. The molecule has 106 valence electrons. The van der Waals surface area contributed by atoms with Gasteiger partial charge >= 0.3 is 5.97 Å². The van der Waals surface area contributed by atoms with Crippen LogP contribution in [0.15, 0.2) is 30.3 Å². The second-order valence-electron chi connectivity index (χ2n) is 4.59. The van der Waals surface area contributed by atoms with Gasteiger partial charge in [-0.3, -0.25) is 4.79 Å². The molecule has 0 aromatic heterocycles. The first-order chi connectivity index (χ1) is 9.49. The monoisotopic (exact) mass is 279 g/mol. The first-order valence-electron chi connectivity index (χ1n) is 6.13. The second kappa shape index (κ2) is 5.83. The summed E-state index contributed by atoms with van der Waals surface area (Å²) < 4.78 is 13.4. The molecular weight excluding hydrogens is 265 g/mol. The van der Waals surface area contributed by atoms with Crippen molar-refractivity contribution in [2.24, 2.45) is 0 Å². The van der Waals surface area contributed by atoms with Crippen LogP contribution in [0.5, 0.6) is 0 Å². The standard InChI is InChI=1S/C14H14FNO4/c15-11-4-2-1-3-9(11)5-6-13(18)16-8-10(17)7-12(16)14(19)20/h1-6,10,12,17H,7-8H2,(H,19,20)/b6-5+/t10?,12-/m0/s1. The summed E-state index contributed by atoms with van der Waals surface area (Å²) >= 11 is 0. The SMILES string of the molecule is O=C(O)[C@@H]1CC(O)CN1C(=O)/C=C/c1ccccc1F. The number of aliphatic hydroxyl groups is 1. The highest BCUT2D eigenvalue weighted by Gasteiger charge is 2.37. The van der Waals surface area contributed by atoms with Crippen molar-refractivity contribution in [2.75, 3.05) is 6.54 Å². The van der Waals surface area contributed by atoms with E-state index in [1.54, 1.807) is 6.07 Å². The molecule has 1 aromatic carbocycles. The van der Waals surface area contributed by atoms with Gasteiger partial charge in [0.15, 0.2) is 0 Å². The van der Waals surface area contributed by atoms with E-state index >= 15 is 0 Å². The number of carbonyl (C=O) groups excluding carboxylic acids is 1. The van der Waals surface area contributed by atoms with Crippen molar-refractivity contribution in [1.82, 2.24) is 4.90 Å². The van der Waals surface area contributed by atoms with Gasteiger partial charge in [-0.25, -0.2) is 9.18 Å². The molecular formula is C14H14FNO4. The van der Waals surface area contributed by atoms with Crippen molar-refractivity contribution in [2.45, 2.75) is 18.6 Å². The van der Waals surface area contributed by atoms with Crippen LogP contribution in [0.25, 0.3) is 6.08 Å². The molecule has 2 atom stereocenters. The van der Waals surface area contributed by atoms with Gasteiger partial charge in [0, 0.05) is 24.6 Å². The van der Waals surface area contributed by atoms with Gasteiger partial charge < -0.3 is 15.1 Å². The molecule has 1 heterocycles. The van der Waals surface area contributed by atoms with Crippen LogP contribution in [-0.4, -0.2) is 45.7 Å². The Morgan fingerprint density at radius 1 is 1.35 bits per heavy atom. The number of amides is 1. The van der Waals surface area contributed by atoms with Crippen molar-refractivity contribution < 1.29 is 24.2 Å². The van der Waals surface area contributed by atoms with Crippen LogP contribution in [-0.2, 0) is 9.59 Å². The van der Waals surface area contributed by atoms with Crippen LogP contribution in [0.4, 0.5) is 4.39 Å². The van der Waals surface area contributed by atoms with Crippen LogP contribution in [0.1, 0.15) is 12.0 Å². The van der Waals surface area contributed by atoms with E-state index in [1.807, 2.05) is 0 Å². The molecule has 1 aliphatic heterocycles. The summed E-state index contributed by atoms with van der Waals surface area (Å²) in [6.45, 7) is -0.0303. The molecule has 0 bridgehead atoms. The molecule has 20 heavy (non-hydrogen) atoms. The maximum absolute atomic E-state index is 13.4. The van der Waals surface area contributed by atoms with Gasteiger partial charge in [-0.05, 0) is 12.1 Å². The van der Waals surface area contributed by atoms with Crippen LogP contribution >= 0.6 is 0 Å². The van der Waals surface area contributed by atoms with Gasteiger partial charge in [0.05, 0.1) is 6.10 Å². The Hall–Kier alpha value is -2.21. The molecule has 1 amide bonds. The molecule has 2 rings (SSSR count). The van der Waals surface area contributed by atoms with Crippen LogP contribution in [0, 0.1) is 5.82 Å². The summed E-state index contributed by atoms with van der Waals surface area (Å²) in [6, 6.07) is 4.90. The highest BCUT2D eigenvalue weighted by Crippen LogP contribution is 2.19. The van der Waals surface area contributed by atoms with Gasteiger partial charge in [-0.2, -0.15) is 0 Å². The second-order valence-corrected chi connectivity index (χ2v) is 4.59. The molecule has 1 saturated heterocycles. The number of β-amino-alcohol motifs (C(OH)–C–C–N with tert-alkyl or cyclic N) is 1. The quantitative estimate of drug-likeness (QED) is 0.805. The van der Waals surface area contributed by atoms with E-state index in [9.17, 15) is 19.1 Å². The zero-order chi connectivity index (χ0) is 14.7. The summed E-state index contributed by atoms with van der Waals surface area (Å²) in [5.74, 6) is -2.18. The molecule has 0 saturated carbocycles. The van der Waals surface area contributed by atoms with E-state index in [0.29, 0.717) is 0 Å². The number of carboxylic acid groups (broad SMARTS) is 1. The maximum atomic E-state index is 13.4. The number of nitrogens with zero attached hydrogens (tertiary/aromatic N) is 1. The number of aliphatic hydroxyl groups excluding tert-OH is 1. The fraction of sp³-hybridized carbons (Fsp3) is 0.286. The Kier molecular flexibility index (Phi) is 4.14. The molecule has 0 spiro atoms. The lowest BCUT2D eigenvalue weighted by Crippen LogP contribution is -2.39. The van der Waals surface area contributed by atoms with E-state index in [1.165, 1.54) is 24.3 Å². The topological polar surface area (TPSA) is 77.8 Å². The van der Waals surface area contributed by atoms with Gasteiger partial charge in [-0.1, -0.05) is 18.2 Å². The molecule has 1 aromatic rings. The van der Waals surface area contributed by atoms with E-state index in [-0.39, 0.29) is 18.5 Å². The molecule has 5 nitrogen and oxygen atoms in total. The molecule has 6 heteroatoms. The van der Waals surface area contributed by atoms with Gasteiger partial charge in [-0.15, -0.1) is 0 Å². The average Bonchev–Trinajstić information content (AvgIpc) is 2.80. The smallest absolute Gasteiger partial charge is 0.326 e. The van der Waals surface area contributed by atoms with Crippen molar-refractivity contribution in [3.05, 3.63) is 41.7 Å². The number of carbonyl (C=O) groups is 2. The number of carboxylic acids is 1. The largest absolute Gasteiger partial charge is 0.480 e. The number of aliphatic carboxylic acids is 1. The molecule has 0 radical (unpaired) electrons. The number of benzene rings is 1. The molecule has 2 N–H and O–H groups in total. The molecule has 1 fully saturated rings. The lowest BCUT2D eigenvalue weighted by molar-refractivity contribution is -0.146. The van der Waals surface area contributed by atoms with Crippen LogP contribution in [0.2, 0.25) is 0 Å². The molecule has 0 aliphatic carbocycles. The summed E-state index contributed by atoms with van der Waals surface area (Å²) in [6.07, 6.45) is 1.57. The summed E-state index contributed by atoms with van der Waals surface area (Å²) in [5.41, 5.74) is 0.243. The van der Waals surface area contributed by atoms with Crippen LogP contribution in [0.3, 0.4) is 0 Å². The van der Waals surface area contributed by atoms with E-state index in [2.05, 4.69) is 0 Å². The minimum Gasteiger partial charge on any atom is -0.480 e. The highest BCUT2D eigenvalue weighted by molar-refractivity contribution is 5.94. The first-order valence-corrected chi connectivity index (χ1v) is 6.13. The first kappa shape index (κ1) is 14.2. The Balaban J connectivity index is 2.12. The fourth-order valence-corrected chi connectivity index (χ4v) is 2.16. The number of hydrogen-bond donors (Lipinski definition) is 2. The summed E-state index contributed by atoms with van der Waals surface area (Å²) in [7, 11) is 0. The predicted octanol–water partition coefficient (Wildman–Crippen LogP) is 0.885. The minimum absolute atomic E-state index is 0.00854. The average molecular weight is 279 g/mol. The third kappa shape index (κ3) is 3.03. The van der Waals surface area contributed by atoms with Crippen molar-refractivity contribution in [3.63, 3.8) is 0 Å².